The minimum absolute atomic E-state index is 0.159. The van der Waals surface area contributed by atoms with E-state index in [1.54, 1.807) is 24.3 Å². The Labute approximate surface area is 133 Å². The van der Waals surface area contributed by atoms with Gasteiger partial charge < -0.3 is 10.8 Å². The monoisotopic (exact) mass is 327 g/mol. The van der Waals surface area contributed by atoms with E-state index >= 15 is 0 Å². The maximum absolute atomic E-state index is 13.1. The number of rotatable bonds is 5. The Hall–Kier alpha value is -1.13. The van der Waals surface area contributed by atoms with Gasteiger partial charge in [0.2, 0.25) is 0 Å². The van der Waals surface area contributed by atoms with Crippen molar-refractivity contribution in [3.63, 3.8) is 0 Å². The quantitative estimate of drug-likeness (QED) is 0.881. The first-order valence-electron chi connectivity index (χ1n) is 6.52. The third-order valence-corrected chi connectivity index (χ3v) is 4.28. The lowest BCUT2D eigenvalue weighted by molar-refractivity contribution is 0.196. The maximum atomic E-state index is 13.1. The SMILES string of the molecule is NCC(CO)(Cc1ccc(Cl)cc1Cl)c1ccc(F)cc1. The van der Waals surface area contributed by atoms with Crippen LogP contribution in [-0.2, 0) is 11.8 Å². The van der Waals surface area contributed by atoms with Crippen molar-refractivity contribution in [3.05, 3.63) is 69.5 Å². The van der Waals surface area contributed by atoms with E-state index in [0.29, 0.717) is 16.5 Å². The Morgan fingerprint density at radius 1 is 1.10 bits per heavy atom. The fraction of sp³-hybridized carbons (Fsp3) is 0.250. The van der Waals surface area contributed by atoms with Gasteiger partial charge in [0, 0.05) is 22.0 Å². The lowest BCUT2D eigenvalue weighted by Gasteiger charge is -2.31. The van der Waals surface area contributed by atoms with Crippen LogP contribution in [0.15, 0.2) is 42.5 Å². The van der Waals surface area contributed by atoms with Gasteiger partial charge in [0.05, 0.1) is 6.61 Å². The van der Waals surface area contributed by atoms with Crippen molar-refractivity contribution in [3.8, 4) is 0 Å². The Bertz CT molecular complexity index is 612. The van der Waals surface area contributed by atoms with Gasteiger partial charge in [0.25, 0.3) is 0 Å². The molecule has 112 valence electrons. The summed E-state index contributed by atoms with van der Waals surface area (Å²) in [4.78, 5) is 0. The Morgan fingerprint density at radius 3 is 2.29 bits per heavy atom. The number of nitrogens with two attached hydrogens (primary N) is 1. The Morgan fingerprint density at radius 2 is 1.76 bits per heavy atom. The molecule has 1 atom stereocenters. The van der Waals surface area contributed by atoms with Crippen LogP contribution in [0.3, 0.4) is 0 Å². The van der Waals surface area contributed by atoms with Crippen LogP contribution >= 0.6 is 23.2 Å². The molecule has 2 nitrogen and oxygen atoms in total. The first-order chi connectivity index (χ1) is 10.0. The lowest BCUT2D eigenvalue weighted by Crippen LogP contribution is -2.41. The lowest BCUT2D eigenvalue weighted by atomic mass is 9.76. The van der Waals surface area contributed by atoms with Gasteiger partial charge in [-0.3, -0.25) is 0 Å². The zero-order chi connectivity index (χ0) is 15.5. The molecule has 0 bridgehead atoms. The van der Waals surface area contributed by atoms with Gasteiger partial charge in [0.15, 0.2) is 0 Å². The van der Waals surface area contributed by atoms with Gasteiger partial charge in [0.1, 0.15) is 5.82 Å². The fourth-order valence-corrected chi connectivity index (χ4v) is 2.81. The highest BCUT2D eigenvalue weighted by Crippen LogP contribution is 2.31. The fourth-order valence-electron chi connectivity index (χ4n) is 2.34. The summed E-state index contributed by atoms with van der Waals surface area (Å²) < 4.78 is 13.1. The molecule has 21 heavy (non-hydrogen) atoms. The molecule has 0 aliphatic carbocycles. The minimum atomic E-state index is -0.703. The average molecular weight is 328 g/mol. The van der Waals surface area contributed by atoms with Crippen molar-refractivity contribution < 1.29 is 9.50 Å². The largest absolute Gasteiger partial charge is 0.395 e. The molecule has 2 aromatic rings. The smallest absolute Gasteiger partial charge is 0.123 e. The molecular weight excluding hydrogens is 312 g/mol. The number of aliphatic hydroxyl groups excluding tert-OH is 1. The second kappa shape index (κ2) is 6.75. The third kappa shape index (κ3) is 3.55. The predicted molar refractivity (Wildman–Crippen MR) is 84.4 cm³/mol. The summed E-state index contributed by atoms with van der Waals surface area (Å²) in [6.07, 6.45) is 0.446. The summed E-state index contributed by atoms with van der Waals surface area (Å²) in [5.74, 6) is -0.327. The molecular formula is C16H16Cl2FNO. The van der Waals surface area contributed by atoms with Crippen molar-refractivity contribution in [2.75, 3.05) is 13.2 Å². The maximum Gasteiger partial charge on any atom is 0.123 e. The molecule has 5 heteroatoms. The van der Waals surface area contributed by atoms with Crippen molar-refractivity contribution in [2.24, 2.45) is 5.73 Å². The van der Waals surface area contributed by atoms with E-state index in [9.17, 15) is 9.50 Å². The molecule has 3 N–H and O–H groups in total. The summed E-state index contributed by atoms with van der Waals surface area (Å²) in [6, 6.07) is 11.2. The van der Waals surface area contributed by atoms with Gasteiger partial charge >= 0.3 is 0 Å². The zero-order valence-electron chi connectivity index (χ0n) is 11.3. The molecule has 2 aromatic carbocycles. The number of hydrogen-bond acceptors (Lipinski definition) is 2. The van der Waals surface area contributed by atoms with Crippen LogP contribution < -0.4 is 5.73 Å². The standard InChI is InChI=1S/C16H16Cl2FNO/c17-13-4-1-11(15(18)7-13)8-16(9-20,10-21)12-2-5-14(19)6-3-12/h1-7,21H,8-10,20H2. The molecule has 0 spiro atoms. The summed E-state index contributed by atoms with van der Waals surface area (Å²) in [7, 11) is 0. The molecule has 1 unspecified atom stereocenters. The summed E-state index contributed by atoms with van der Waals surface area (Å²) in [6.45, 7) is 0.0577. The van der Waals surface area contributed by atoms with E-state index in [0.717, 1.165) is 11.1 Å². The van der Waals surface area contributed by atoms with Gasteiger partial charge in [-0.15, -0.1) is 0 Å². The normalized spacial score (nSPS) is 14.0. The molecule has 0 aromatic heterocycles. The topological polar surface area (TPSA) is 46.2 Å². The van der Waals surface area contributed by atoms with Gasteiger partial charge in [-0.1, -0.05) is 41.4 Å². The Kier molecular flexibility index (Phi) is 5.22. The van der Waals surface area contributed by atoms with E-state index in [1.165, 1.54) is 12.1 Å². The molecule has 0 aliphatic rings. The zero-order valence-corrected chi connectivity index (χ0v) is 12.8. The van der Waals surface area contributed by atoms with Crippen LogP contribution in [0.2, 0.25) is 10.0 Å². The number of halogens is 3. The van der Waals surface area contributed by atoms with Gasteiger partial charge in [-0.05, 0) is 41.8 Å². The van der Waals surface area contributed by atoms with Crippen molar-refractivity contribution in [1.82, 2.24) is 0 Å². The molecule has 0 heterocycles. The van der Waals surface area contributed by atoms with Crippen molar-refractivity contribution in [2.45, 2.75) is 11.8 Å². The highest BCUT2D eigenvalue weighted by molar-refractivity contribution is 6.35. The highest BCUT2D eigenvalue weighted by Gasteiger charge is 2.31. The molecule has 0 saturated heterocycles. The average Bonchev–Trinajstić information content (AvgIpc) is 2.48. The molecule has 2 rings (SSSR count). The van der Waals surface area contributed by atoms with E-state index in [-0.39, 0.29) is 19.0 Å². The molecule has 0 aliphatic heterocycles. The van der Waals surface area contributed by atoms with Crippen LogP contribution in [-0.4, -0.2) is 18.3 Å². The van der Waals surface area contributed by atoms with Crippen molar-refractivity contribution >= 4 is 23.2 Å². The third-order valence-electron chi connectivity index (χ3n) is 3.69. The van der Waals surface area contributed by atoms with Crippen LogP contribution in [0.4, 0.5) is 4.39 Å². The van der Waals surface area contributed by atoms with Crippen molar-refractivity contribution in [1.29, 1.82) is 0 Å². The second-order valence-electron chi connectivity index (χ2n) is 5.06. The van der Waals surface area contributed by atoms with Gasteiger partial charge in [-0.25, -0.2) is 4.39 Å². The van der Waals surface area contributed by atoms with E-state index in [4.69, 9.17) is 28.9 Å². The Balaban J connectivity index is 2.40. The second-order valence-corrected chi connectivity index (χ2v) is 5.91. The first-order valence-corrected chi connectivity index (χ1v) is 7.27. The molecule has 0 saturated carbocycles. The first kappa shape index (κ1) is 16.2. The number of hydrogen-bond donors (Lipinski definition) is 2. The molecule has 0 amide bonds. The number of aliphatic hydroxyl groups is 1. The molecule has 0 radical (unpaired) electrons. The number of benzene rings is 2. The highest BCUT2D eigenvalue weighted by atomic mass is 35.5. The van der Waals surface area contributed by atoms with E-state index < -0.39 is 5.41 Å². The van der Waals surface area contributed by atoms with Crippen LogP contribution in [0.1, 0.15) is 11.1 Å². The van der Waals surface area contributed by atoms with Gasteiger partial charge in [-0.2, -0.15) is 0 Å². The van der Waals surface area contributed by atoms with E-state index in [1.807, 2.05) is 6.07 Å². The van der Waals surface area contributed by atoms with Crippen LogP contribution in [0.25, 0.3) is 0 Å². The summed E-state index contributed by atoms with van der Waals surface area (Å²) in [5.41, 5.74) is 6.81. The summed E-state index contributed by atoms with van der Waals surface area (Å²) in [5, 5.41) is 10.9. The summed E-state index contributed by atoms with van der Waals surface area (Å²) >= 11 is 12.1. The van der Waals surface area contributed by atoms with Crippen LogP contribution in [0, 0.1) is 5.82 Å². The predicted octanol–water partition coefficient (Wildman–Crippen LogP) is 3.56. The van der Waals surface area contributed by atoms with E-state index in [2.05, 4.69) is 0 Å². The van der Waals surface area contributed by atoms with Crippen LogP contribution in [0.5, 0.6) is 0 Å². The molecule has 0 fully saturated rings. The minimum Gasteiger partial charge on any atom is -0.395 e.